The summed E-state index contributed by atoms with van der Waals surface area (Å²) >= 11 is 5.94. The highest BCUT2D eigenvalue weighted by atomic mass is 35.5. The number of hydrogen-bond acceptors (Lipinski definition) is 6. The van der Waals surface area contributed by atoms with Crippen molar-refractivity contribution in [2.75, 3.05) is 26.1 Å². The van der Waals surface area contributed by atoms with Gasteiger partial charge in [-0.05, 0) is 30.3 Å². The normalized spacial score (nSPS) is 12.2. The van der Waals surface area contributed by atoms with Crippen molar-refractivity contribution >= 4 is 33.2 Å². The maximum absolute atomic E-state index is 14.2. The van der Waals surface area contributed by atoms with Gasteiger partial charge in [-0.25, -0.2) is 26.3 Å². The van der Waals surface area contributed by atoms with Crippen molar-refractivity contribution in [1.29, 1.82) is 0 Å². The Morgan fingerprint density at radius 3 is 2.25 bits per heavy atom. The average molecular weight is 545 g/mol. The number of ether oxygens (including phenoxy) is 2. The van der Waals surface area contributed by atoms with Crippen molar-refractivity contribution < 1.29 is 41.0 Å². The van der Waals surface area contributed by atoms with Crippen molar-refractivity contribution in [2.45, 2.75) is 11.0 Å². The molecule has 0 spiro atoms. The summed E-state index contributed by atoms with van der Waals surface area (Å²) in [7, 11) is -1.43. The summed E-state index contributed by atoms with van der Waals surface area (Å²) in [6, 6.07) is 8.36. The summed E-state index contributed by atoms with van der Waals surface area (Å²) in [5.41, 5.74) is -1.17. The first-order chi connectivity index (χ1) is 17.0. The number of hydrogen-bond donors (Lipinski definition) is 3. The lowest BCUT2D eigenvalue weighted by atomic mass is 9.98. The molecule has 3 aromatic carbocycles. The van der Waals surface area contributed by atoms with Crippen molar-refractivity contribution in [3.8, 4) is 11.5 Å². The van der Waals surface area contributed by atoms with E-state index in [2.05, 4.69) is 10.0 Å². The lowest BCUT2D eigenvalue weighted by Crippen LogP contribution is -2.33. The fourth-order valence-corrected chi connectivity index (χ4v) is 4.44. The number of aliphatic hydroxyl groups is 1. The molecule has 3 aromatic rings. The molecule has 1 unspecified atom stereocenters. The van der Waals surface area contributed by atoms with Gasteiger partial charge in [0.25, 0.3) is 0 Å². The fourth-order valence-electron chi connectivity index (χ4n) is 3.27. The number of carbonyl (C=O) groups is 1. The molecule has 192 valence electrons. The van der Waals surface area contributed by atoms with Crippen molar-refractivity contribution in [2.24, 2.45) is 0 Å². The average Bonchev–Trinajstić information content (AvgIpc) is 2.82. The molecular weight excluding hydrogens is 525 g/mol. The van der Waals surface area contributed by atoms with Crippen LogP contribution in [0.5, 0.6) is 11.5 Å². The Balaban J connectivity index is 1.80. The molecule has 0 fully saturated rings. The molecular formula is C23H20ClF3N2O6S. The second kappa shape index (κ2) is 11.2. The van der Waals surface area contributed by atoms with Crippen LogP contribution in [0.1, 0.15) is 17.2 Å². The SMILES string of the molecule is COc1ccc(S(=O)(=O)NCC(=O)Nc2ccc(Cl)cc2C(O)c2c(F)cc(F)cc2F)cc1OC. The summed E-state index contributed by atoms with van der Waals surface area (Å²) in [5.74, 6) is -4.28. The van der Waals surface area contributed by atoms with Gasteiger partial charge in [-0.15, -0.1) is 0 Å². The molecule has 0 saturated heterocycles. The van der Waals surface area contributed by atoms with Gasteiger partial charge >= 0.3 is 0 Å². The van der Waals surface area contributed by atoms with Gasteiger partial charge in [0.1, 0.15) is 23.6 Å². The molecule has 0 aliphatic carbocycles. The number of benzene rings is 3. The largest absolute Gasteiger partial charge is 0.493 e. The zero-order valence-electron chi connectivity index (χ0n) is 18.8. The number of carbonyl (C=O) groups excluding carboxylic acids is 1. The van der Waals surface area contributed by atoms with E-state index in [9.17, 15) is 31.5 Å². The number of sulfonamides is 1. The maximum atomic E-state index is 14.2. The smallest absolute Gasteiger partial charge is 0.241 e. The summed E-state index contributed by atoms with van der Waals surface area (Å²) in [6.45, 7) is -0.728. The molecule has 1 atom stereocenters. The van der Waals surface area contributed by atoms with Gasteiger partial charge in [0.05, 0.1) is 31.2 Å². The van der Waals surface area contributed by atoms with Crippen LogP contribution in [-0.4, -0.2) is 40.2 Å². The molecule has 0 bridgehead atoms. The van der Waals surface area contributed by atoms with Gasteiger partial charge in [0, 0.05) is 34.5 Å². The van der Waals surface area contributed by atoms with E-state index in [4.69, 9.17) is 21.1 Å². The van der Waals surface area contributed by atoms with Crippen LogP contribution in [0.25, 0.3) is 0 Å². The van der Waals surface area contributed by atoms with Crippen molar-refractivity contribution in [3.05, 3.63) is 82.1 Å². The Morgan fingerprint density at radius 1 is 1.00 bits per heavy atom. The van der Waals surface area contributed by atoms with Gasteiger partial charge < -0.3 is 19.9 Å². The Bertz CT molecular complexity index is 1380. The summed E-state index contributed by atoms with van der Waals surface area (Å²) in [5, 5.41) is 13.0. The summed E-state index contributed by atoms with van der Waals surface area (Å²) in [6.07, 6.45) is -1.97. The second-order valence-electron chi connectivity index (χ2n) is 7.31. The molecule has 8 nitrogen and oxygen atoms in total. The zero-order valence-corrected chi connectivity index (χ0v) is 20.4. The number of aliphatic hydroxyl groups excluding tert-OH is 1. The third-order valence-electron chi connectivity index (χ3n) is 4.99. The number of anilines is 1. The summed E-state index contributed by atoms with van der Waals surface area (Å²) < 4.78 is 79.1. The van der Waals surface area contributed by atoms with Crippen LogP contribution in [0.15, 0.2) is 53.4 Å². The van der Waals surface area contributed by atoms with Gasteiger partial charge in [-0.2, -0.15) is 0 Å². The van der Waals surface area contributed by atoms with E-state index in [1.165, 1.54) is 44.6 Å². The highest BCUT2D eigenvalue weighted by Gasteiger charge is 2.25. The van der Waals surface area contributed by atoms with E-state index in [-0.39, 0.29) is 26.9 Å². The van der Waals surface area contributed by atoms with E-state index in [1.54, 1.807) is 0 Å². The van der Waals surface area contributed by atoms with E-state index < -0.39 is 51.6 Å². The summed E-state index contributed by atoms with van der Waals surface area (Å²) in [4.78, 5) is 12.3. The van der Waals surface area contributed by atoms with Crippen LogP contribution in [0.2, 0.25) is 5.02 Å². The predicted octanol–water partition coefficient (Wildman–Crippen LogP) is 3.77. The molecule has 1 amide bonds. The highest BCUT2D eigenvalue weighted by Crippen LogP contribution is 2.34. The van der Waals surface area contributed by atoms with Gasteiger partial charge in [0.2, 0.25) is 15.9 Å². The van der Waals surface area contributed by atoms with Gasteiger partial charge in [-0.1, -0.05) is 11.6 Å². The van der Waals surface area contributed by atoms with Crippen LogP contribution in [0.4, 0.5) is 18.9 Å². The fraction of sp³-hybridized carbons (Fsp3) is 0.174. The Hall–Kier alpha value is -3.32. The van der Waals surface area contributed by atoms with Crippen LogP contribution in [0.3, 0.4) is 0 Å². The first kappa shape index (κ1) is 27.3. The molecule has 13 heteroatoms. The van der Waals surface area contributed by atoms with Crippen LogP contribution in [0, 0.1) is 17.5 Å². The number of halogens is 4. The van der Waals surface area contributed by atoms with Crippen LogP contribution >= 0.6 is 11.6 Å². The molecule has 36 heavy (non-hydrogen) atoms. The van der Waals surface area contributed by atoms with Crippen molar-refractivity contribution in [1.82, 2.24) is 4.72 Å². The Kier molecular flexibility index (Phi) is 8.46. The molecule has 0 aliphatic rings. The Labute approximate surface area is 209 Å². The minimum Gasteiger partial charge on any atom is -0.493 e. The predicted molar refractivity (Wildman–Crippen MR) is 125 cm³/mol. The van der Waals surface area contributed by atoms with Gasteiger partial charge in [-0.3, -0.25) is 4.79 Å². The Morgan fingerprint density at radius 2 is 1.64 bits per heavy atom. The quantitative estimate of drug-likeness (QED) is 0.378. The lowest BCUT2D eigenvalue weighted by Gasteiger charge is -2.18. The first-order valence-electron chi connectivity index (χ1n) is 10.1. The van der Waals surface area contributed by atoms with E-state index >= 15 is 0 Å². The minimum absolute atomic E-state index is 0.0686. The lowest BCUT2D eigenvalue weighted by molar-refractivity contribution is -0.115. The van der Waals surface area contributed by atoms with Crippen LogP contribution < -0.4 is 19.5 Å². The topological polar surface area (TPSA) is 114 Å². The molecule has 0 heterocycles. The maximum Gasteiger partial charge on any atom is 0.241 e. The monoisotopic (exact) mass is 544 g/mol. The number of nitrogens with one attached hydrogen (secondary N) is 2. The van der Waals surface area contributed by atoms with Crippen LogP contribution in [-0.2, 0) is 14.8 Å². The zero-order chi connectivity index (χ0) is 26.6. The minimum atomic E-state index is -4.15. The van der Waals surface area contributed by atoms with Crippen molar-refractivity contribution in [3.63, 3.8) is 0 Å². The number of methoxy groups -OCH3 is 2. The highest BCUT2D eigenvalue weighted by molar-refractivity contribution is 7.89. The third-order valence-corrected chi connectivity index (χ3v) is 6.62. The van der Waals surface area contributed by atoms with E-state index in [1.807, 2.05) is 0 Å². The molecule has 0 saturated carbocycles. The van der Waals surface area contributed by atoms with E-state index in [0.29, 0.717) is 17.9 Å². The molecule has 3 rings (SSSR count). The molecule has 3 N–H and O–H groups in total. The molecule has 0 radical (unpaired) electrons. The standard InChI is InChI=1S/C23H20ClF3N2O6S/c1-34-19-6-4-14(10-20(19)35-2)36(32,33)28-11-21(30)29-18-5-3-12(24)7-15(18)23(31)22-16(26)8-13(25)9-17(22)27/h3-10,23,28,31H,11H2,1-2H3,(H,29,30). The first-order valence-corrected chi connectivity index (χ1v) is 12.0. The number of rotatable bonds is 9. The number of amides is 1. The molecule has 0 aliphatic heterocycles. The third kappa shape index (κ3) is 6.08. The second-order valence-corrected chi connectivity index (χ2v) is 9.51. The van der Waals surface area contributed by atoms with Gasteiger partial charge in [0.15, 0.2) is 11.5 Å². The van der Waals surface area contributed by atoms with E-state index in [0.717, 1.165) is 6.07 Å². The molecule has 0 aromatic heterocycles.